The SMILES string of the molecule is CCCCN(Cc1ccc(C(=O)NCC(C)C)cc1)c1nc(-c2cccc(OC)c2)cs1. The van der Waals surface area contributed by atoms with Crippen LogP contribution >= 0.6 is 11.3 Å². The molecule has 3 rings (SSSR count). The lowest BCUT2D eigenvalue weighted by atomic mass is 10.1. The molecule has 0 radical (unpaired) electrons. The Hall–Kier alpha value is -2.86. The maximum Gasteiger partial charge on any atom is 0.251 e. The summed E-state index contributed by atoms with van der Waals surface area (Å²) in [7, 11) is 1.68. The Bertz CT molecular complexity index is 998. The van der Waals surface area contributed by atoms with E-state index in [-0.39, 0.29) is 5.91 Å². The number of aromatic nitrogens is 1. The fourth-order valence-electron chi connectivity index (χ4n) is 3.30. The minimum absolute atomic E-state index is 0.0176. The molecule has 0 saturated carbocycles. The summed E-state index contributed by atoms with van der Waals surface area (Å²) in [5.41, 5.74) is 3.88. The van der Waals surface area contributed by atoms with Gasteiger partial charge in [-0.25, -0.2) is 4.98 Å². The van der Waals surface area contributed by atoms with Crippen molar-refractivity contribution in [3.8, 4) is 17.0 Å². The zero-order valence-corrected chi connectivity index (χ0v) is 20.2. The van der Waals surface area contributed by atoms with E-state index in [2.05, 4.69) is 42.4 Å². The molecule has 0 spiro atoms. The number of anilines is 1. The number of thiazole rings is 1. The van der Waals surface area contributed by atoms with E-state index in [0.29, 0.717) is 18.0 Å². The molecule has 3 aromatic rings. The third-order valence-corrected chi connectivity index (χ3v) is 6.07. The van der Waals surface area contributed by atoms with Crippen molar-refractivity contribution in [3.05, 3.63) is 65.0 Å². The predicted molar refractivity (Wildman–Crippen MR) is 134 cm³/mol. The van der Waals surface area contributed by atoms with Crippen LogP contribution in [0.1, 0.15) is 49.5 Å². The quantitative estimate of drug-likeness (QED) is 0.388. The van der Waals surface area contributed by atoms with Crippen LogP contribution in [-0.2, 0) is 6.54 Å². The number of rotatable bonds is 11. The molecule has 6 heteroatoms. The van der Waals surface area contributed by atoms with Crippen molar-refractivity contribution in [3.63, 3.8) is 0 Å². The van der Waals surface area contributed by atoms with Gasteiger partial charge in [-0.05, 0) is 42.2 Å². The van der Waals surface area contributed by atoms with Crippen LogP contribution in [0, 0.1) is 5.92 Å². The number of carbonyl (C=O) groups excluding carboxylic acids is 1. The molecule has 0 atom stereocenters. The van der Waals surface area contributed by atoms with Gasteiger partial charge >= 0.3 is 0 Å². The molecular weight excluding hydrogens is 418 g/mol. The summed E-state index contributed by atoms with van der Waals surface area (Å²) in [5, 5.41) is 6.08. The van der Waals surface area contributed by atoms with E-state index in [0.717, 1.165) is 48.1 Å². The molecule has 1 aromatic heterocycles. The highest BCUT2D eigenvalue weighted by Crippen LogP contribution is 2.30. The molecule has 0 aliphatic rings. The summed E-state index contributed by atoms with van der Waals surface area (Å²) in [6.45, 7) is 8.77. The topological polar surface area (TPSA) is 54.5 Å². The Balaban J connectivity index is 1.73. The Morgan fingerprint density at radius 1 is 1.19 bits per heavy atom. The molecule has 0 aliphatic carbocycles. The molecular formula is C26H33N3O2S. The Labute approximate surface area is 195 Å². The summed E-state index contributed by atoms with van der Waals surface area (Å²) in [6, 6.07) is 15.9. The van der Waals surface area contributed by atoms with Crippen molar-refractivity contribution in [1.82, 2.24) is 10.3 Å². The third kappa shape index (κ3) is 6.57. The van der Waals surface area contributed by atoms with Crippen molar-refractivity contribution in [2.75, 3.05) is 25.1 Å². The molecule has 0 fully saturated rings. The highest BCUT2D eigenvalue weighted by Gasteiger charge is 2.14. The van der Waals surface area contributed by atoms with Crippen molar-refractivity contribution in [2.24, 2.45) is 5.92 Å². The first-order valence-electron chi connectivity index (χ1n) is 11.2. The minimum Gasteiger partial charge on any atom is -0.497 e. The van der Waals surface area contributed by atoms with Crippen molar-refractivity contribution >= 4 is 22.4 Å². The number of hydrogen-bond acceptors (Lipinski definition) is 5. The molecule has 0 unspecified atom stereocenters. The van der Waals surface area contributed by atoms with Gasteiger partial charge in [0.05, 0.1) is 12.8 Å². The van der Waals surface area contributed by atoms with E-state index in [9.17, 15) is 4.79 Å². The maximum atomic E-state index is 12.3. The summed E-state index contributed by atoms with van der Waals surface area (Å²) < 4.78 is 5.35. The average molecular weight is 452 g/mol. The predicted octanol–water partition coefficient (Wildman–Crippen LogP) is 6.01. The minimum atomic E-state index is -0.0176. The molecule has 1 amide bonds. The fourth-order valence-corrected chi connectivity index (χ4v) is 4.16. The average Bonchev–Trinajstić information content (AvgIpc) is 3.31. The molecule has 2 aromatic carbocycles. The molecule has 1 heterocycles. The van der Waals surface area contributed by atoms with Gasteiger partial charge in [0, 0.05) is 36.1 Å². The van der Waals surface area contributed by atoms with Crippen LogP contribution in [0.2, 0.25) is 0 Å². The summed E-state index contributed by atoms with van der Waals surface area (Å²) in [4.78, 5) is 19.5. The highest BCUT2D eigenvalue weighted by molar-refractivity contribution is 7.14. The number of hydrogen-bond donors (Lipinski definition) is 1. The number of unbranched alkanes of at least 4 members (excludes halogenated alkanes) is 1. The number of methoxy groups -OCH3 is 1. The molecule has 170 valence electrons. The number of nitrogens with zero attached hydrogens (tertiary/aromatic N) is 2. The third-order valence-electron chi connectivity index (χ3n) is 5.17. The lowest BCUT2D eigenvalue weighted by Gasteiger charge is -2.22. The van der Waals surface area contributed by atoms with Crippen LogP contribution < -0.4 is 15.0 Å². The first-order valence-corrected chi connectivity index (χ1v) is 12.1. The number of amides is 1. The molecule has 0 saturated heterocycles. The monoisotopic (exact) mass is 451 g/mol. The standard InChI is InChI=1S/C26H33N3O2S/c1-5-6-14-29(17-20-10-12-21(13-11-20)25(30)27-16-19(2)3)26-28-24(18-32-26)22-8-7-9-23(15-22)31-4/h7-13,15,18-19H,5-6,14,16-17H2,1-4H3,(H,27,30). The van der Waals surface area contributed by atoms with Gasteiger partial charge in [0.1, 0.15) is 5.75 Å². The molecule has 0 aliphatic heterocycles. The number of carbonyl (C=O) groups is 1. The number of ether oxygens (including phenoxy) is 1. The van der Waals surface area contributed by atoms with E-state index in [1.807, 2.05) is 42.5 Å². The fraction of sp³-hybridized carbons (Fsp3) is 0.385. The highest BCUT2D eigenvalue weighted by atomic mass is 32.1. The summed E-state index contributed by atoms with van der Waals surface area (Å²) in [5.74, 6) is 1.25. The summed E-state index contributed by atoms with van der Waals surface area (Å²) >= 11 is 1.66. The molecule has 5 nitrogen and oxygen atoms in total. The molecule has 32 heavy (non-hydrogen) atoms. The van der Waals surface area contributed by atoms with Gasteiger partial charge in [0.2, 0.25) is 0 Å². The Kier molecular flexibility index (Phi) is 8.68. The van der Waals surface area contributed by atoms with Crippen LogP contribution in [0.3, 0.4) is 0 Å². The Morgan fingerprint density at radius 3 is 2.66 bits per heavy atom. The van der Waals surface area contributed by atoms with E-state index in [1.54, 1.807) is 18.4 Å². The second kappa shape index (κ2) is 11.7. The maximum absolute atomic E-state index is 12.3. The van der Waals surface area contributed by atoms with Crippen molar-refractivity contribution < 1.29 is 9.53 Å². The van der Waals surface area contributed by atoms with Gasteiger partial charge in [-0.1, -0.05) is 51.5 Å². The van der Waals surface area contributed by atoms with Gasteiger partial charge < -0.3 is 15.0 Å². The van der Waals surface area contributed by atoms with Crippen LogP contribution in [0.4, 0.5) is 5.13 Å². The first kappa shape index (κ1) is 23.8. The van der Waals surface area contributed by atoms with Crippen LogP contribution in [0.5, 0.6) is 5.75 Å². The lowest BCUT2D eigenvalue weighted by molar-refractivity contribution is 0.0949. The number of benzene rings is 2. The summed E-state index contributed by atoms with van der Waals surface area (Å²) in [6.07, 6.45) is 2.23. The largest absolute Gasteiger partial charge is 0.497 e. The molecule has 1 N–H and O–H groups in total. The smallest absolute Gasteiger partial charge is 0.251 e. The van der Waals surface area contributed by atoms with Crippen molar-refractivity contribution in [2.45, 2.75) is 40.2 Å². The van der Waals surface area contributed by atoms with Crippen molar-refractivity contribution in [1.29, 1.82) is 0 Å². The van der Waals surface area contributed by atoms with Crippen LogP contribution in [-0.4, -0.2) is 31.1 Å². The van der Waals surface area contributed by atoms with Gasteiger partial charge in [-0.3, -0.25) is 4.79 Å². The van der Waals surface area contributed by atoms with Gasteiger partial charge in [0.15, 0.2) is 5.13 Å². The normalized spacial score (nSPS) is 10.9. The first-order chi connectivity index (χ1) is 15.5. The zero-order chi connectivity index (χ0) is 22.9. The second-order valence-corrected chi connectivity index (χ2v) is 9.16. The van der Waals surface area contributed by atoms with Gasteiger partial charge in [-0.15, -0.1) is 11.3 Å². The second-order valence-electron chi connectivity index (χ2n) is 8.32. The molecule has 0 bridgehead atoms. The zero-order valence-electron chi connectivity index (χ0n) is 19.4. The van der Waals surface area contributed by atoms with E-state index < -0.39 is 0 Å². The Morgan fingerprint density at radius 2 is 1.97 bits per heavy atom. The van der Waals surface area contributed by atoms with Crippen LogP contribution in [0.25, 0.3) is 11.3 Å². The van der Waals surface area contributed by atoms with E-state index >= 15 is 0 Å². The van der Waals surface area contributed by atoms with E-state index in [1.165, 1.54) is 5.56 Å². The van der Waals surface area contributed by atoms with Crippen LogP contribution in [0.15, 0.2) is 53.9 Å². The van der Waals surface area contributed by atoms with E-state index in [4.69, 9.17) is 9.72 Å². The number of nitrogens with one attached hydrogen (secondary N) is 1. The lowest BCUT2D eigenvalue weighted by Crippen LogP contribution is -2.27. The van der Waals surface area contributed by atoms with Gasteiger partial charge in [0.25, 0.3) is 5.91 Å². The van der Waals surface area contributed by atoms with Gasteiger partial charge in [-0.2, -0.15) is 0 Å².